The van der Waals surface area contributed by atoms with Gasteiger partial charge >= 0.3 is 5.97 Å². The number of hydrogen-bond donors (Lipinski definition) is 1. The van der Waals surface area contributed by atoms with Gasteiger partial charge in [-0.1, -0.05) is 41.9 Å². The molecular weight excluding hydrogens is 326 g/mol. The fourth-order valence-electron chi connectivity index (χ4n) is 2.60. The molecule has 1 aromatic heterocycles. The molecule has 0 bridgehead atoms. The molecule has 1 unspecified atom stereocenters. The van der Waals surface area contributed by atoms with E-state index in [1.54, 1.807) is 37.4 Å². The quantitative estimate of drug-likeness (QED) is 0.559. The van der Waals surface area contributed by atoms with Crippen molar-refractivity contribution in [1.82, 2.24) is 4.98 Å². The van der Waals surface area contributed by atoms with Gasteiger partial charge < -0.3 is 9.72 Å². The van der Waals surface area contributed by atoms with Gasteiger partial charge in [0, 0.05) is 27.7 Å². The number of carbonyl (C=O) groups is 2. The molecule has 5 heteroatoms. The van der Waals surface area contributed by atoms with E-state index < -0.39 is 12.1 Å². The number of H-pyrrole nitrogens is 1. The molecule has 4 nitrogen and oxygen atoms in total. The molecule has 0 spiro atoms. The van der Waals surface area contributed by atoms with Crippen molar-refractivity contribution in [3.05, 3.63) is 70.9 Å². The van der Waals surface area contributed by atoms with Crippen LogP contribution in [0.5, 0.6) is 0 Å². The van der Waals surface area contributed by atoms with Crippen molar-refractivity contribution in [3.8, 4) is 0 Å². The zero-order chi connectivity index (χ0) is 17.1. The summed E-state index contributed by atoms with van der Waals surface area (Å²) < 4.78 is 5.28. The van der Waals surface area contributed by atoms with Gasteiger partial charge in [-0.05, 0) is 30.7 Å². The van der Waals surface area contributed by atoms with Gasteiger partial charge in [0.15, 0.2) is 6.10 Å². The Hall–Kier alpha value is -2.59. The van der Waals surface area contributed by atoms with Crippen molar-refractivity contribution in [2.75, 3.05) is 0 Å². The fourth-order valence-corrected chi connectivity index (χ4v) is 2.79. The van der Waals surface area contributed by atoms with Crippen LogP contribution in [0.2, 0.25) is 5.02 Å². The number of benzene rings is 2. The van der Waals surface area contributed by atoms with Gasteiger partial charge in [0.2, 0.25) is 5.78 Å². The molecule has 0 amide bonds. The Labute approximate surface area is 144 Å². The lowest BCUT2D eigenvalue weighted by Gasteiger charge is -2.12. The van der Waals surface area contributed by atoms with Crippen LogP contribution < -0.4 is 0 Å². The molecule has 0 saturated carbocycles. The van der Waals surface area contributed by atoms with Crippen LogP contribution in [-0.4, -0.2) is 22.8 Å². The lowest BCUT2D eigenvalue weighted by Crippen LogP contribution is -2.25. The number of Topliss-reactive ketones (excluding diaryl/α,β-unsaturated/α-hetero) is 1. The van der Waals surface area contributed by atoms with Crippen LogP contribution in [0.3, 0.4) is 0 Å². The number of halogens is 1. The van der Waals surface area contributed by atoms with E-state index in [2.05, 4.69) is 4.98 Å². The van der Waals surface area contributed by atoms with Crippen molar-refractivity contribution in [2.24, 2.45) is 0 Å². The van der Waals surface area contributed by atoms with Crippen LogP contribution in [0.15, 0.2) is 54.7 Å². The van der Waals surface area contributed by atoms with Crippen molar-refractivity contribution < 1.29 is 14.3 Å². The first kappa shape index (κ1) is 16.3. The van der Waals surface area contributed by atoms with Crippen LogP contribution in [0.25, 0.3) is 10.9 Å². The number of esters is 1. The zero-order valence-electron chi connectivity index (χ0n) is 13.1. The first-order valence-corrected chi connectivity index (χ1v) is 7.96. The van der Waals surface area contributed by atoms with Crippen LogP contribution in [0.4, 0.5) is 0 Å². The molecule has 3 aromatic rings. The van der Waals surface area contributed by atoms with Gasteiger partial charge in [-0.25, -0.2) is 0 Å². The largest absolute Gasteiger partial charge is 0.454 e. The van der Waals surface area contributed by atoms with Crippen molar-refractivity contribution >= 4 is 34.3 Å². The highest BCUT2D eigenvalue weighted by Crippen LogP contribution is 2.19. The molecule has 0 aliphatic carbocycles. The molecule has 0 aliphatic rings. The van der Waals surface area contributed by atoms with E-state index in [9.17, 15) is 9.59 Å². The highest BCUT2D eigenvalue weighted by atomic mass is 35.5. The zero-order valence-corrected chi connectivity index (χ0v) is 13.8. The third-order valence-electron chi connectivity index (χ3n) is 3.80. The molecular formula is C19H16ClNO3. The van der Waals surface area contributed by atoms with E-state index in [4.69, 9.17) is 16.3 Å². The molecule has 24 heavy (non-hydrogen) atoms. The Bertz CT molecular complexity index is 900. The van der Waals surface area contributed by atoms with Gasteiger partial charge in [-0.15, -0.1) is 0 Å². The summed E-state index contributed by atoms with van der Waals surface area (Å²) in [5, 5.41) is 1.45. The monoisotopic (exact) mass is 341 g/mol. The maximum Gasteiger partial charge on any atom is 0.311 e. The Morgan fingerprint density at radius 1 is 1.17 bits per heavy atom. The molecule has 3 rings (SSSR count). The van der Waals surface area contributed by atoms with Gasteiger partial charge in [-0.3, -0.25) is 9.59 Å². The number of nitrogens with one attached hydrogen (secondary N) is 1. The predicted molar refractivity (Wildman–Crippen MR) is 93.3 cm³/mol. The number of para-hydroxylation sites is 1. The number of fused-ring (bicyclic) bond motifs is 1. The van der Waals surface area contributed by atoms with Gasteiger partial charge in [-0.2, -0.15) is 0 Å². The summed E-state index contributed by atoms with van der Waals surface area (Å²) in [5.74, 6) is -0.715. The minimum absolute atomic E-state index is 0.108. The summed E-state index contributed by atoms with van der Waals surface area (Å²) in [4.78, 5) is 27.6. The van der Waals surface area contributed by atoms with Crippen molar-refractivity contribution in [2.45, 2.75) is 19.4 Å². The first-order chi connectivity index (χ1) is 11.5. The number of ketones is 1. The SMILES string of the molecule is CC(OC(=O)Cc1c[nH]c2ccccc12)C(=O)c1cccc(Cl)c1. The lowest BCUT2D eigenvalue weighted by atomic mass is 10.1. The van der Waals surface area contributed by atoms with E-state index in [0.717, 1.165) is 16.5 Å². The maximum atomic E-state index is 12.3. The molecule has 2 aromatic carbocycles. The molecule has 0 radical (unpaired) electrons. The molecule has 0 aliphatic heterocycles. The number of hydrogen-bond acceptors (Lipinski definition) is 3. The molecule has 122 valence electrons. The van der Waals surface area contributed by atoms with E-state index in [-0.39, 0.29) is 12.2 Å². The number of aromatic nitrogens is 1. The van der Waals surface area contributed by atoms with E-state index >= 15 is 0 Å². The summed E-state index contributed by atoms with van der Waals surface area (Å²) in [6.07, 6.45) is 1.04. The third kappa shape index (κ3) is 3.49. The van der Waals surface area contributed by atoms with Crippen LogP contribution in [0, 0.1) is 0 Å². The van der Waals surface area contributed by atoms with E-state index in [1.165, 1.54) is 0 Å². The highest BCUT2D eigenvalue weighted by Gasteiger charge is 2.20. The molecule has 0 saturated heterocycles. The molecule has 1 atom stereocenters. The fraction of sp³-hybridized carbons (Fsp3) is 0.158. The second-order valence-corrected chi connectivity index (χ2v) is 5.98. The topological polar surface area (TPSA) is 59.2 Å². The summed E-state index contributed by atoms with van der Waals surface area (Å²) in [6, 6.07) is 14.3. The van der Waals surface area contributed by atoms with Gasteiger partial charge in [0.05, 0.1) is 6.42 Å². The van der Waals surface area contributed by atoms with Crippen LogP contribution in [-0.2, 0) is 16.0 Å². The molecule has 0 fully saturated rings. The summed E-state index contributed by atoms with van der Waals surface area (Å²) >= 11 is 5.89. The predicted octanol–water partition coefficient (Wildman–Crippen LogP) is 4.18. The maximum absolute atomic E-state index is 12.3. The van der Waals surface area contributed by atoms with Gasteiger partial charge in [0.1, 0.15) is 0 Å². The Morgan fingerprint density at radius 3 is 2.75 bits per heavy atom. The normalized spacial score (nSPS) is 12.1. The number of carbonyl (C=O) groups excluding carboxylic acids is 2. The van der Waals surface area contributed by atoms with E-state index in [1.807, 2.05) is 24.3 Å². The first-order valence-electron chi connectivity index (χ1n) is 7.59. The standard InChI is InChI=1S/C19H16ClNO3/c1-12(19(23)13-5-4-6-15(20)9-13)24-18(22)10-14-11-21-17-8-3-2-7-16(14)17/h2-9,11-12,21H,10H2,1H3. The third-order valence-corrected chi connectivity index (χ3v) is 4.03. The summed E-state index contributed by atoms with van der Waals surface area (Å²) in [5.41, 5.74) is 2.23. The minimum Gasteiger partial charge on any atom is -0.454 e. The van der Waals surface area contributed by atoms with Gasteiger partial charge in [0.25, 0.3) is 0 Å². The molecule has 1 heterocycles. The van der Waals surface area contributed by atoms with Crippen molar-refractivity contribution in [3.63, 3.8) is 0 Å². The Balaban J connectivity index is 1.67. The summed E-state index contributed by atoms with van der Waals surface area (Å²) in [7, 11) is 0. The number of rotatable bonds is 5. The Kier molecular flexibility index (Phi) is 4.67. The summed E-state index contributed by atoms with van der Waals surface area (Å²) in [6.45, 7) is 1.57. The second kappa shape index (κ2) is 6.89. The lowest BCUT2D eigenvalue weighted by molar-refractivity contribution is -0.145. The highest BCUT2D eigenvalue weighted by molar-refractivity contribution is 6.31. The molecule has 1 N–H and O–H groups in total. The van der Waals surface area contributed by atoms with E-state index in [0.29, 0.717) is 10.6 Å². The number of aromatic amines is 1. The average Bonchev–Trinajstić information content (AvgIpc) is 2.97. The van der Waals surface area contributed by atoms with Crippen LogP contribution in [0.1, 0.15) is 22.8 Å². The van der Waals surface area contributed by atoms with Crippen molar-refractivity contribution in [1.29, 1.82) is 0 Å². The average molecular weight is 342 g/mol. The smallest absolute Gasteiger partial charge is 0.311 e. The van der Waals surface area contributed by atoms with Crippen LogP contribution >= 0.6 is 11.6 Å². The second-order valence-electron chi connectivity index (χ2n) is 5.54. The minimum atomic E-state index is -0.860. The Morgan fingerprint density at radius 2 is 1.96 bits per heavy atom. The number of ether oxygens (including phenoxy) is 1.